The topological polar surface area (TPSA) is 55.1 Å². The van der Waals surface area contributed by atoms with Crippen LogP contribution in [0.2, 0.25) is 0 Å². The lowest BCUT2D eigenvalue weighted by Crippen LogP contribution is -2.38. The van der Waals surface area contributed by atoms with Crippen LogP contribution in [0.4, 0.5) is 0 Å². The Labute approximate surface area is 103 Å². The summed E-state index contributed by atoms with van der Waals surface area (Å²) < 4.78 is 0.323. The summed E-state index contributed by atoms with van der Waals surface area (Å²) in [5.74, 6) is 0.189. The highest BCUT2D eigenvalue weighted by Crippen LogP contribution is 2.39. The van der Waals surface area contributed by atoms with Crippen molar-refractivity contribution in [1.29, 1.82) is 0 Å². The molecule has 0 radical (unpaired) electrons. The van der Waals surface area contributed by atoms with E-state index in [4.69, 9.17) is 5.73 Å². The molecule has 1 fully saturated rings. The average Bonchev–Trinajstić information content (AvgIpc) is 2.76. The Bertz CT molecular complexity index is 215. The van der Waals surface area contributed by atoms with E-state index in [9.17, 15) is 4.79 Å². The minimum Gasteiger partial charge on any atom is -0.355 e. The molecule has 0 atom stereocenters. The number of carbonyl (C=O) groups is 1. The Kier molecular flexibility index (Phi) is 6.21. The molecule has 0 aromatic carbocycles. The third-order valence-electron chi connectivity index (χ3n) is 3.41. The summed E-state index contributed by atoms with van der Waals surface area (Å²) >= 11 is 1.92. The van der Waals surface area contributed by atoms with E-state index in [1.807, 2.05) is 11.8 Å². The first-order valence-corrected chi connectivity index (χ1v) is 7.47. The van der Waals surface area contributed by atoms with Crippen molar-refractivity contribution >= 4 is 17.7 Å². The second-order valence-corrected chi connectivity index (χ2v) is 5.89. The van der Waals surface area contributed by atoms with E-state index >= 15 is 0 Å². The summed E-state index contributed by atoms with van der Waals surface area (Å²) in [7, 11) is 0. The molecule has 0 heterocycles. The minimum absolute atomic E-state index is 0.189. The molecule has 0 aliphatic heterocycles. The van der Waals surface area contributed by atoms with Crippen molar-refractivity contribution in [1.82, 2.24) is 5.32 Å². The summed E-state index contributed by atoms with van der Waals surface area (Å²) in [4.78, 5) is 11.6. The molecule has 0 unspecified atom stereocenters. The molecule has 0 aromatic rings. The number of carbonyl (C=O) groups excluding carboxylic acids is 1. The van der Waals surface area contributed by atoms with Gasteiger partial charge in [-0.1, -0.05) is 12.8 Å². The van der Waals surface area contributed by atoms with Crippen molar-refractivity contribution in [2.24, 2.45) is 5.73 Å². The summed E-state index contributed by atoms with van der Waals surface area (Å²) in [6, 6.07) is 0. The molecule has 4 heteroatoms. The lowest BCUT2D eigenvalue weighted by Gasteiger charge is -2.26. The number of hydrogen-bond donors (Lipinski definition) is 2. The highest BCUT2D eigenvalue weighted by molar-refractivity contribution is 8.00. The predicted molar refractivity (Wildman–Crippen MR) is 70.6 cm³/mol. The van der Waals surface area contributed by atoms with Gasteiger partial charge in [0.1, 0.15) is 0 Å². The maximum Gasteiger partial charge on any atom is 0.220 e. The van der Waals surface area contributed by atoms with Gasteiger partial charge in [-0.3, -0.25) is 4.79 Å². The van der Waals surface area contributed by atoms with Crippen LogP contribution in [0.25, 0.3) is 0 Å². The van der Waals surface area contributed by atoms with Crippen LogP contribution in [0.15, 0.2) is 0 Å². The lowest BCUT2D eigenvalue weighted by molar-refractivity contribution is -0.121. The molecular formula is C12H24N2OS. The number of unbranched alkanes of at least 4 members (excludes halogenated alkanes) is 1. The van der Waals surface area contributed by atoms with Crippen LogP contribution < -0.4 is 11.1 Å². The Morgan fingerprint density at radius 2 is 2.06 bits per heavy atom. The lowest BCUT2D eigenvalue weighted by atomic mass is 10.1. The van der Waals surface area contributed by atoms with Gasteiger partial charge in [0.05, 0.1) is 0 Å². The Hall–Kier alpha value is -0.220. The molecule has 1 aliphatic carbocycles. The maximum atomic E-state index is 11.6. The molecule has 0 spiro atoms. The van der Waals surface area contributed by atoms with E-state index in [0.29, 0.717) is 17.7 Å². The standard InChI is InChI=1S/C12H24N2OS/c1-16-12(7-3-4-8-12)10-14-11(15)6-2-5-9-13/h2-10,13H2,1H3,(H,14,15). The maximum absolute atomic E-state index is 11.6. The molecule has 3 N–H and O–H groups in total. The third kappa shape index (κ3) is 4.34. The van der Waals surface area contributed by atoms with Crippen molar-refractivity contribution in [3.05, 3.63) is 0 Å². The summed E-state index contributed by atoms with van der Waals surface area (Å²) in [5, 5.41) is 3.07. The van der Waals surface area contributed by atoms with Crippen molar-refractivity contribution in [3.63, 3.8) is 0 Å². The van der Waals surface area contributed by atoms with Gasteiger partial charge in [-0.2, -0.15) is 11.8 Å². The monoisotopic (exact) mass is 244 g/mol. The fourth-order valence-electron chi connectivity index (χ4n) is 2.25. The second-order valence-electron chi connectivity index (χ2n) is 4.62. The predicted octanol–water partition coefficient (Wildman–Crippen LogP) is 1.91. The zero-order valence-electron chi connectivity index (χ0n) is 10.3. The number of rotatable bonds is 7. The first-order valence-electron chi connectivity index (χ1n) is 6.24. The van der Waals surface area contributed by atoms with E-state index in [-0.39, 0.29) is 5.91 Å². The molecule has 94 valence electrons. The average molecular weight is 244 g/mol. The third-order valence-corrected chi connectivity index (χ3v) is 4.83. The second kappa shape index (κ2) is 7.17. The molecule has 3 nitrogen and oxygen atoms in total. The van der Waals surface area contributed by atoms with Gasteiger partial charge in [-0.25, -0.2) is 0 Å². The Morgan fingerprint density at radius 1 is 1.38 bits per heavy atom. The molecule has 1 saturated carbocycles. The van der Waals surface area contributed by atoms with Crippen molar-refractivity contribution in [3.8, 4) is 0 Å². The summed E-state index contributed by atoms with van der Waals surface area (Å²) in [6.45, 7) is 1.53. The summed E-state index contributed by atoms with van der Waals surface area (Å²) in [6.07, 6.45) is 9.76. The van der Waals surface area contributed by atoms with E-state index in [0.717, 1.165) is 19.4 Å². The largest absolute Gasteiger partial charge is 0.355 e. The van der Waals surface area contributed by atoms with Crippen LogP contribution in [0.5, 0.6) is 0 Å². The van der Waals surface area contributed by atoms with Crippen LogP contribution in [0, 0.1) is 0 Å². The molecular weight excluding hydrogens is 220 g/mol. The van der Waals surface area contributed by atoms with Gasteiger partial charge in [0.2, 0.25) is 5.91 Å². The molecule has 0 bridgehead atoms. The first kappa shape index (κ1) is 13.8. The number of thioether (sulfide) groups is 1. The molecule has 0 saturated heterocycles. The molecule has 0 aromatic heterocycles. The first-order chi connectivity index (χ1) is 7.72. The molecule has 1 aliphatic rings. The van der Waals surface area contributed by atoms with Crippen LogP contribution in [0.1, 0.15) is 44.9 Å². The minimum atomic E-state index is 0.189. The number of amides is 1. The van der Waals surface area contributed by atoms with Crippen LogP contribution >= 0.6 is 11.8 Å². The van der Waals surface area contributed by atoms with Gasteiger partial charge in [-0.15, -0.1) is 0 Å². The van der Waals surface area contributed by atoms with Crippen molar-refractivity contribution < 1.29 is 4.79 Å². The Balaban J connectivity index is 2.19. The van der Waals surface area contributed by atoms with E-state index < -0.39 is 0 Å². The zero-order valence-corrected chi connectivity index (χ0v) is 11.1. The van der Waals surface area contributed by atoms with Gasteiger partial charge in [-0.05, 0) is 38.5 Å². The molecule has 1 amide bonds. The number of hydrogen-bond acceptors (Lipinski definition) is 3. The highest BCUT2D eigenvalue weighted by Gasteiger charge is 2.32. The molecule has 16 heavy (non-hydrogen) atoms. The van der Waals surface area contributed by atoms with Gasteiger partial charge >= 0.3 is 0 Å². The highest BCUT2D eigenvalue weighted by atomic mass is 32.2. The Morgan fingerprint density at radius 3 is 2.62 bits per heavy atom. The number of nitrogens with one attached hydrogen (secondary N) is 1. The smallest absolute Gasteiger partial charge is 0.220 e. The quantitative estimate of drug-likeness (QED) is 0.673. The normalized spacial score (nSPS) is 18.6. The van der Waals surface area contributed by atoms with E-state index in [1.165, 1.54) is 25.7 Å². The van der Waals surface area contributed by atoms with Gasteiger partial charge in [0.15, 0.2) is 0 Å². The summed E-state index contributed by atoms with van der Waals surface area (Å²) in [5.41, 5.74) is 5.40. The fraction of sp³-hybridized carbons (Fsp3) is 0.917. The SMILES string of the molecule is CSC1(CNC(=O)CCCCN)CCCC1. The fourth-order valence-corrected chi connectivity index (χ4v) is 3.16. The van der Waals surface area contributed by atoms with Gasteiger partial charge < -0.3 is 11.1 Å². The van der Waals surface area contributed by atoms with Crippen LogP contribution in [-0.4, -0.2) is 30.0 Å². The molecule has 1 rings (SSSR count). The zero-order chi connectivity index (χ0) is 11.9. The van der Waals surface area contributed by atoms with Gasteiger partial charge in [0.25, 0.3) is 0 Å². The van der Waals surface area contributed by atoms with Crippen molar-refractivity contribution in [2.75, 3.05) is 19.3 Å². The van der Waals surface area contributed by atoms with E-state index in [2.05, 4.69) is 11.6 Å². The van der Waals surface area contributed by atoms with Crippen LogP contribution in [-0.2, 0) is 4.79 Å². The van der Waals surface area contributed by atoms with Gasteiger partial charge in [0, 0.05) is 17.7 Å². The van der Waals surface area contributed by atoms with Crippen LogP contribution in [0.3, 0.4) is 0 Å². The van der Waals surface area contributed by atoms with E-state index in [1.54, 1.807) is 0 Å². The number of nitrogens with two attached hydrogens (primary N) is 1. The van der Waals surface area contributed by atoms with Crippen molar-refractivity contribution in [2.45, 2.75) is 49.7 Å².